The lowest BCUT2D eigenvalue weighted by molar-refractivity contribution is -0.0134. The van der Waals surface area contributed by atoms with Crippen molar-refractivity contribution in [3.05, 3.63) is 29.5 Å². The zero-order valence-corrected chi connectivity index (χ0v) is 13.2. The molecule has 0 spiro atoms. The first-order chi connectivity index (χ1) is 10.7. The number of H-pyrrole nitrogens is 1. The monoisotopic (exact) mass is 296 g/mol. The number of phenolic OH excluding ortho intramolecular Hbond substituents is 1. The lowest BCUT2D eigenvalue weighted by Crippen LogP contribution is -2.56. The predicted octanol–water partition coefficient (Wildman–Crippen LogP) is 3.63. The van der Waals surface area contributed by atoms with Crippen LogP contribution in [-0.2, 0) is 6.42 Å². The molecule has 3 aliphatic heterocycles. The molecule has 4 aliphatic rings. The van der Waals surface area contributed by atoms with E-state index in [4.69, 9.17) is 0 Å². The molecule has 1 aromatic heterocycles. The summed E-state index contributed by atoms with van der Waals surface area (Å²) in [6.07, 6.45) is 5.22. The normalized spacial score (nSPS) is 36.3. The van der Waals surface area contributed by atoms with Gasteiger partial charge in [-0.2, -0.15) is 0 Å². The number of aromatic nitrogens is 1. The molecule has 1 aliphatic carbocycles. The maximum absolute atomic E-state index is 9.87. The average Bonchev–Trinajstić information content (AvgIpc) is 2.85. The number of benzene rings is 1. The summed E-state index contributed by atoms with van der Waals surface area (Å²) >= 11 is 0. The van der Waals surface area contributed by atoms with E-state index in [9.17, 15) is 5.11 Å². The first kappa shape index (κ1) is 13.0. The number of aromatic amines is 1. The van der Waals surface area contributed by atoms with E-state index in [1.54, 1.807) is 6.07 Å². The van der Waals surface area contributed by atoms with Crippen molar-refractivity contribution in [1.29, 1.82) is 0 Å². The highest BCUT2D eigenvalue weighted by molar-refractivity contribution is 5.86. The van der Waals surface area contributed by atoms with E-state index < -0.39 is 0 Å². The van der Waals surface area contributed by atoms with Gasteiger partial charge in [-0.05, 0) is 54.9 Å². The minimum atomic E-state index is 0.384. The molecule has 2 aromatic rings. The summed E-state index contributed by atoms with van der Waals surface area (Å²) in [5.74, 6) is 2.80. The van der Waals surface area contributed by atoms with Crippen molar-refractivity contribution in [3.63, 3.8) is 0 Å². The highest BCUT2D eigenvalue weighted by Gasteiger charge is 2.48. The molecule has 1 aromatic carbocycles. The van der Waals surface area contributed by atoms with Crippen LogP contribution >= 0.6 is 0 Å². The van der Waals surface area contributed by atoms with Crippen molar-refractivity contribution in [2.45, 2.75) is 44.6 Å². The van der Waals surface area contributed by atoms with E-state index in [0.717, 1.165) is 24.3 Å². The Hall–Kier alpha value is -1.48. The van der Waals surface area contributed by atoms with E-state index in [1.807, 2.05) is 12.1 Å². The number of nitrogens with one attached hydrogen (secondary N) is 1. The average molecular weight is 296 g/mol. The second-order valence-electron chi connectivity index (χ2n) is 7.59. The van der Waals surface area contributed by atoms with Crippen LogP contribution in [0.25, 0.3) is 10.9 Å². The molecule has 1 saturated carbocycles. The number of hydrogen-bond acceptors (Lipinski definition) is 2. The molecule has 3 heteroatoms. The van der Waals surface area contributed by atoms with Crippen LogP contribution in [0.15, 0.2) is 18.2 Å². The van der Waals surface area contributed by atoms with Crippen LogP contribution in [0.1, 0.15) is 43.4 Å². The summed E-state index contributed by atoms with van der Waals surface area (Å²) in [6.45, 7) is 4.86. The molecule has 0 radical (unpaired) electrons. The Kier molecular flexibility index (Phi) is 2.67. The summed E-state index contributed by atoms with van der Waals surface area (Å²) in [4.78, 5) is 6.51. The van der Waals surface area contributed by atoms with Gasteiger partial charge in [-0.15, -0.1) is 0 Å². The molecule has 2 N–H and O–H groups in total. The Morgan fingerprint density at radius 2 is 2.23 bits per heavy atom. The molecular weight excluding hydrogens is 272 g/mol. The van der Waals surface area contributed by atoms with Gasteiger partial charge in [-0.3, -0.25) is 4.90 Å². The molecule has 116 valence electrons. The maximum Gasteiger partial charge on any atom is 0.116 e. The van der Waals surface area contributed by atoms with Crippen molar-refractivity contribution in [2.75, 3.05) is 13.1 Å². The van der Waals surface area contributed by atoms with E-state index in [2.05, 4.69) is 16.8 Å². The Morgan fingerprint density at radius 1 is 1.32 bits per heavy atom. The third kappa shape index (κ3) is 1.66. The van der Waals surface area contributed by atoms with Crippen molar-refractivity contribution in [1.82, 2.24) is 9.88 Å². The predicted molar refractivity (Wildman–Crippen MR) is 88.3 cm³/mol. The maximum atomic E-state index is 9.87. The molecular formula is C19H24N2O. The minimum Gasteiger partial charge on any atom is -0.508 e. The van der Waals surface area contributed by atoms with Gasteiger partial charge in [0.2, 0.25) is 0 Å². The van der Waals surface area contributed by atoms with Crippen LogP contribution in [0, 0.1) is 11.8 Å². The van der Waals surface area contributed by atoms with E-state index >= 15 is 0 Å². The summed E-state index contributed by atoms with van der Waals surface area (Å²) < 4.78 is 0. The van der Waals surface area contributed by atoms with Gasteiger partial charge in [0.05, 0.1) is 0 Å². The van der Waals surface area contributed by atoms with Crippen molar-refractivity contribution in [3.8, 4) is 5.75 Å². The van der Waals surface area contributed by atoms with Gasteiger partial charge < -0.3 is 10.1 Å². The van der Waals surface area contributed by atoms with Crippen molar-refractivity contribution < 1.29 is 5.11 Å². The first-order valence-corrected chi connectivity index (χ1v) is 8.82. The molecule has 6 rings (SSSR count). The highest BCUT2D eigenvalue weighted by atomic mass is 16.3. The smallest absolute Gasteiger partial charge is 0.116 e. The molecule has 4 heterocycles. The SMILES string of the molecule is CC[C@H]1C[C@H]2C[C@H]3c4[nH]c5ccc(O)cc5c4CCN(C2)[C@@H]13. The van der Waals surface area contributed by atoms with Crippen LogP contribution in [-0.4, -0.2) is 34.1 Å². The third-order valence-electron chi connectivity index (χ3n) is 6.50. The number of piperidine rings is 2. The zero-order chi connectivity index (χ0) is 14.8. The van der Waals surface area contributed by atoms with Crippen LogP contribution < -0.4 is 0 Å². The fourth-order valence-corrected chi connectivity index (χ4v) is 5.68. The van der Waals surface area contributed by atoms with Crippen molar-refractivity contribution >= 4 is 10.9 Å². The molecule has 2 saturated heterocycles. The summed E-state index contributed by atoms with van der Waals surface area (Å²) in [6, 6.07) is 6.52. The van der Waals surface area contributed by atoms with E-state index in [1.165, 1.54) is 54.5 Å². The summed E-state index contributed by atoms with van der Waals surface area (Å²) in [7, 11) is 0. The molecule has 3 fully saturated rings. The Morgan fingerprint density at radius 3 is 3.09 bits per heavy atom. The second-order valence-corrected chi connectivity index (χ2v) is 7.59. The van der Waals surface area contributed by atoms with Crippen LogP contribution in [0.3, 0.4) is 0 Å². The number of nitrogens with zero attached hydrogens (tertiary/aromatic N) is 1. The Bertz CT molecular complexity index is 734. The van der Waals surface area contributed by atoms with Crippen LogP contribution in [0.5, 0.6) is 5.75 Å². The fraction of sp³-hybridized carbons (Fsp3) is 0.579. The standard InChI is InChI=1S/C19H24N2O/c1-2-12-7-11-8-16-18-14(5-6-21(10-11)19(12)16)15-9-13(22)3-4-17(15)20-18/h3-4,9,11-12,16,19-20,22H,2,5-8,10H2,1H3/t11-,12-,16-,19-/m0/s1. The topological polar surface area (TPSA) is 39.3 Å². The van der Waals surface area contributed by atoms with E-state index in [-0.39, 0.29) is 0 Å². The van der Waals surface area contributed by atoms with Crippen LogP contribution in [0.4, 0.5) is 0 Å². The van der Waals surface area contributed by atoms with Gasteiger partial charge in [0.25, 0.3) is 0 Å². The fourth-order valence-electron chi connectivity index (χ4n) is 5.68. The van der Waals surface area contributed by atoms with Crippen LogP contribution in [0.2, 0.25) is 0 Å². The lowest BCUT2D eigenvalue weighted by atomic mass is 9.65. The highest BCUT2D eigenvalue weighted by Crippen LogP contribution is 2.51. The van der Waals surface area contributed by atoms with Gasteiger partial charge in [0.1, 0.15) is 5.75 Å². The second kappa shape index (κ2) is 4.51. The zero-order valence-electron chi connectivity index (χ0n) is 13.2. The molecule has 4 bridgehead atoms. The van der Waals surface area contributed by atoms with Gasteiger partial charge >= 0.3 is 0 Å². The third-order valence-corrected chi connectivity index (χ3v) is 6.50. The molecule has 22 heavy (non-hydrogen) atoms. The molecule has 0 amide bonds. The molecule has 1 unspecified atom stereocenters. The lowest BCUT2D eigenvalue weighted by Gasteiger charge is -2.53. The Labute approximate surface area is 131 Å². The van der Waals surface area contributed by atoms with Gasteiger partial charge in [0.15, 0.2) is 0 Å². The number of hydrogen-bond donors (Lipinski definition) is 2. The van der Waals surface area contributed by atoms with Crippen molar-refractivity contribution in [2.24, 2.45) is 11.8 Å². The number of aromatic hydroxyl groups is 1. The first-order valence-electron chi connectivity index (χ1n) is 8.82. The minimum absolute atomic E-state index is 0.384. The number of phenols is 1. The van der Waals surface area contributed by atoms with Gasteiger partial charge in [-0.1, -0.05) is 13.3 Å². The number of fused-ring (bicyclic) bond motifs is 4. The largest absolute Gasteiger partial charge is 0.508 e. The molecule has 5 atom stereocenters. The summed E-state index contributed by atoms with van der Waals surface area (Å²) in [5.41, 5.74) is 4.16. The van der Waals surface area contributed by atoms with Gasteiger partial charge in [-0.25, -0.2) is 0 Å². The summed E-state index contributed by atoms with van der Waals surface area (Å²) in [5, 5.41) is 11.1. The quantitative estimate of drug-likeness (QED) is 0.843. The number of rotatable bonds is 1. The Balaban J connectivity index is 1.69. The van der Waals surface area contributed by atoms with E-state index in [0.29, 0.717) is 11.7 Å². The van der Waals surface area contributed by atoms with Gasteiger partial charge in [0, 0.05) is 41.6 Å². The molecule has 3 nitrogen and oxygen atoms in total.